The summed E-state index contributed by atoms with van der Waals surface area (Å²) < 4.78 is 5.66. The van der Waals surface area contributed by atoms with Crippen molar-refractivity contribution in [2.75, 3.05) is 33.2 Å². The van der Waals surface area contributed by atoms with Crippen molar-refractivity contribution in [3.8, 4) is 0 Å². The molecule has 0 aliphatic carbocycles. The SMILES string of the molecule is CNCC1CCCN(CC(=O)c2cc3ccccc3o2)C1. The van der Waals surface area contributed by atoms with Crippen LogP contribution in [0.25, 0.3) is 11.0 Å². The van der Waals surface area contributed by atoms with Gasteiger partial charge in [0.15, 0.2) is 5.76 Å². The second-order valence-electron chi connectivity index (χ2n) is 5.87. The van der Waals surface area contributed by atoms with Crippen LogP contribution in [-0.4, -0.2) is 43.9 Å². The number of para-hydroxylation sites is 1. The van der Waals surface area contributed by atoms with Crippen LogP contribution in [0.3, 0.4) is 0 Å². The first kappa shape index (κ1) is 14.3. The number of fused-ring (bicyclic) bond motifs is 1. The summed E-state index contributed by atoms with van der Waals surface area (Å²) in [4.78, 5) is 14.6. The predicted octanol–water partition coefficient (Wildman–Crippen LogP) is 2.55. The van der Waals surface area contributed by atoms with Crippen molar-refractivity contribution in [2.24, 2.45) is 5.92 Å². The number of carbonyl (C=O) groups excluding carboxylic acids is 1. The first-order valence-corrected chi connectivity index (χ1v) is 7.65. The lowest BCUT2D eigenvalue weighted by atomic mass is 9.98. The minimum atomic E-state index is 0.0799. The molecule has 1 aliphatic rings. The molecule has 112 valence electrons. The average Bonchev–Trinajstić information content (AvgIpc) is 2.92. The number of likely N-dealkylation sites (tertiary alicyclic amines) is 1. The molecule has 0 saturated carbocycles. The predicted molar refractivity (Wildman–Crippen MR) is 83.6 cm³/mol. The van der Waals surface area contributed by atoms with Gasteiger partial charge in [-0.2, -0.15) is 0 Å². The molecule has 4 heteroatoms. The molecule has 1 fully saturated rings. The number of furan rings is 1. The topological polar surface area (TPSA) is 45.5 Å². The van der Waals surface area contributed by atoms with Crippen LogP contribution in [0.1, 0.15) is 23.4 Å². The molecule has 1 unspecified atom stereocenters. The number of hydrogen-bond donors (Lipinski definition) is 1. The molecular formula is C17H22N2O2. The molecule has 0 bridgehead atoms. The molecular weight excluding hydrogens is 264 g/mol. The van der Waals surface area contributed by atoms with E-state index in [1.807, 2.05) is 37.4 Å². The van der Waals surface area contributed by atoms with Gasteiger partial charge < -0.3 is 9.73 Å². The summed E-state index contributed by atoms with van der Waals surface area (Å²) in [6.07, 6.45) is 2.41. The lowest BCUT2D eigenvalue weighted by Gasteiger charge is -2.31. The summed E-state index contributed by atoms with van der Waals surface area (Å²) in [5.41, 5.74) is 0.785. The van der Waals surface area contributed by atoms with E-state index in [0.717, 1.165) is 30.6 Å². The highest BCUT2D eigenvalue weighted by Crippen LogP contribution is 2.20. The van der Waals surface area contributed by atoms with Crippen molar-refractivity contribution in [2.45, 2.75) is 12.8 Å². The lowest BCUT2D eigenvalue weighted by molar-refractivity contribution is 0.0862. The third-order valence-electron chi connectivity index (χ3n) is 4.16. The zero-order chi connectivity index (χ0) is 14.7. The molecule has 4 nitrogen and oxygen atoms in total. The minimum Gasteiger partial charge on any atom is -0.453 e. The monoisotopic (exact) mass is 286 g/mol. The van der Waals surface area contributed by atoms with E-state index in [-0.39, 0.29) is 5.78 Å². The van der Waals surface area contributed by atoms with Crippen molar-refractivity contribution in [3.05, 3.63) is 36.1 Å². The number of nitrogens with one attached hydrogen (secondary N) is 1. The third-order valence-corrected chi connectivity index (χ3v) is 4.16. The quantitative estimate of drug-likeness (QED) is 0.858. The van der Waals surface area contributed by atoms with E-state index in [2.05, 4.69) is 10.2 Å². The highest BCUT2D eigenvalue weighted by molar-refractivity contribution is 5.98. The molecule has 0 spiro atoms. The molecule has 1 aliphatic heterocycles. The number of ketones is 1. The van der Waals surface area contributed by atoms with Crippen LogP contribution in [0, 0.1) is 5.92 Å². The second-order valence-corrected chi connectivity index (χ2v) is 5.87. The smallest absolute Gasteiger partial charge is 0.211 e. The van der Waals surface area contributed by atoms with Crippen LogP contribution in [0.15, 0.2) is 34.7 Å². The van der Waals surface area contributed by atoms with Crippen LogP contribution in [0.4, 0.5) is 0 Å². The number of benzene rings is 1. The van der Waals surface area contributed by atoms with E-state index in [1.54, 1.807) is 0 Å². The summed E-state index contributed by atoms with van der Waals surface area (Å²) in [6.45, 7) is 3.48. The van der Waals surface area contributed by atoms with E-state index in [9.17, 15) is 4.79 Å². The zero-order valence-corrected chi connectivity index (χ0v) is 12.5. The Morgan fingerprint density at radius 2 is 2.29 bits per heavy atom. The average molecular weight is 286 g/mol. The third kappa shape index (κ3) is 3.34. The normalized spacial score (nSPS) is 20.0. The van der Waals surface area contributed by atoms with E-state index in [0.29, 0.717) is 18.2 Å². The summed E-state index contributed by atoms with van der Waals surface area (Å²) in [6, 6.07) is 9.61. The summed E-state index contributed by atoms with van der Waals surface area (Å²) >= 11 is 0. The van der Waals surface area contributed by atoms with Crippen LogP contribution in [0.2, 0.25) is 0 Å². The Kier molecular flexibility index (Phi) is 4.36. The van der Waals surface area contributed by atoms with Gasteiger partial charge in [0.1, 0.15) is 5.58 Å². The number of piperidine rings is 1. The van der Waals surface area contributed by atoms with Crippen LogP contribution in [0.5, 0.6) is 0 Å². The highest BCUT2D eigenvalue weighted by Gasteiger charge is 2.22. The number of nitrogens with zero attached hydrogens (tertiary/aromatic N) is 1. The number of hydrogen-bond acceptors (Lipinski definition) is 4. The van der Waals surface area contributed by atoms with E-state index < -0.39 is 0 Å². The van der Waals surface area contributed by atoms with Gasteiger partial charge in [-0.05, 0) is 51.0 Å². The summed E-state index contributed by atoms with van der Waals surface area (Å²) in [5.74, 6) is 1.20. The maximum atomic E-state index is 12.4. The second kappa shape index (κ2) is 6.41. The van der Waals surface area contributed by atoms with E-state index >= 15 is 0 Å². The Hall–Kier alpha value is -1.65. The standard InChI is InChI=1S/C17H22N2O2/c1-18-10-13-5-4-8-19(11-13)12-15(20)17-9-14-6-2-3-7-16(14)21-17/h2-3,6-7,9,13,18H,4-5,8,10-12H2,1H3. The first-order valence-electron chi connectivity index (χ1n) is 7.65. The first-order chi connectivity index (χ1) is 10.3. The maximum Gasteiger partial charge on any atom is 0.211 e. The molecule has 1 saturated heterocycles. The highest BCUT2D eigenvalue weighted by atomic mass is 16.3. The lowest BCUT2D eigenvalue weighted by Crippen LogP contribution is -2.41. The maximum absolute atomic E-state index is 12.4. The minimum absolute atomic E-state index is 0.0799. The fourth-order valence-corrected chi connectivity index (χ4v) is 3.15. The van der Waals surface area contributed by atoms with Crippen molar-refractivity contribution in [1.29, 1.82) is 0 Å². The Labute approximate surface area is 125 Å². The van der Waals surface area contributed by atoms with Gasteiger partial charge in [0.2, 0.25) is 5.78 Å². The number of rotatable bonds is 5. The van der Waals surface area contributed by atoms with Crippen molar-refractivity contribution in [3.63, 3.8) is 0 Å². The molecule has 1 N–H and O–H groups in total. The zero-order valence-electron chi connectivity index (χ0n) is 12.5. The molecule has 0 radical (unpaired) electrons. The summed E-state index contributed by atoms with van der Waals surface area (Å²) in [5, 5.41) is 4.22. The number of Topliss-reactive ketones (excluding diaryl/α,β-unsaturated/α-hetero) is 1. The van der Waals surface area contributed by atoms with Gasteiger partial charge in [0.05, 0.1) is 6.54 Å². The molecule has 2 heterocycles. The Bertz CT molecular complexity index is 585. The van der Waals surface area contributed by atoms with Crippen molar-refractivity contribution in [1.82, 2.24) is 10.2 Å². The van der Waals surface area contributed by atoms with Crippen LogP contribution >= 0.6 is 0 Å². The molecule has 1 aromatic carbocycles. The van der Waals surface area contributed by atoms with Gasteiger partial charge in [-0.1, -0.05) is 18.2 Å². The van der Waals surface area contributed by atoms with Gasteiger partial charge in [-0.25, -0.2) is 0 Å². The van der Waals surface area contributed by atoms with E-state index in [1.165, 1.54) is 12.8 Å². The molecule has 21 heavy (non-hydrogen) atoms. The van der Waals surface area contributed by atoms with Gasteiger partial charge in [0.25, 0.3) is 0 Å². The van der Waals surface area contributed by atoms with Gasteiger partial charge in [-0.3, -0.25) is 9.69 Å². The van der Waals surface area contributed by atoms with Gasteiger partial charge >= 0.3 is 0 Å². The molecule has 3 rings (SSSR count). The van der Waals surface area contributed by atoms with Gasteiger partial charge in [-0.15, -0.1) is 0 Å². The van der Waals surface area contributed by atoms with Crippen LogP contribution in [-0.2, 0) is 0 Å². The molecule has 1 aromatic heterocycles. The number of carbonyl (C=O) groups is 1. The molecule has 0 amide bonds. The molecule has 1 atom stereocenters. The Morgan fingerprint density at radius 3 is 3.10 bits per heavy atom. The fraction of sp³-hybridized carbons (Fsp3) is 0.471. The van der Waals surface area contributed by atoms with Crippen molar-refractivity contribution < 1.29 is 9.21 Å². The van der Waals surface area contributed by atoms with Crippen molar-refractivity contribution >= 4 is 16.8 Å². The van der Waals surface area contributed by atoms with Crippen LogP contribution < -0.4 is 5.32 Å². The van der Waals surface area contributed by atoms with Gasteiger partial charge in [0, 0.05) is 11.9 Å². The molecule has 2 aromatic rings. The largest absolute Gasteiger partial charge is 0.453 e. The Balaban J connectivity index is 1.65. The summed E-state index contributed by atoms with van der Waals surface area (Å²) in [7, 11) is 1.98. The Morgan fingerprint density at radius 1 is 1.43 bits per heavy atom. The van der Waals surface area contributed by atoms with E-state index in [4.69, 9.17) is 4.42 Å². The fourth-order valence-electron chi connectivity index (χ4n) is 3.15.